The van der Waals surface area contributed by atoms with E-state index in [-0.39, 0.29) is 25.1 Å². The van der Waals surface area contributed by atoms with Crippen molar-refractivity contribution in [3.63, 3.8) is 0 Å². The van der Waals surface area contributed by atoms with Crippen LogP contribution in [0.3, 0.4) is 0 Å². The number of halogens is 1. The molecule has 0 amide bonds. The van der Waals surface area contributed by atoms with Crippen LogP contribution in [0.2, 0.25) is 5.02 Å². The van der Waals surface area contributed by atoms with Gasteiger partial charge in [0.05, 0.1) is 5.92 Å². The van der Waals surface area contributed by atoms with Crippen molar-refractivity contribution in [3.05, 3.63) is 58.6 Å². The fourth-order valence-electron chi connectivity index (χ4n) is 2.84. The quantitative estimate of drug-likeness (QED) is 0.559. The molecular formula is C20H19ClO5. The van der Waals surface area contributed by atoms with Gasteiger partial charge in [0.1, 0.15) is 0 Å². The van der Waals surface area contributed by atoms with Gasteiger partial charge in [-0.25, -0.2) is 0 Å². The summed E-state index contributed by atoms with van der Waals surface area (Å²) in [6.07, 6.45) is 0. The van der Waals surface area contributed by atoms with E-state index in [4.69, 9.17) is 25.8 Å². The van der Waals surface area contributed by atoms with Gasteiger partial charge in [0.2, 0.25) is 6.79 Å². The van der Waals surface area contributed by atoms with E-state index in [9.17, 15) is 9.59 Å². The van der Waals surface area contributed by atoms with Gasteiger partial charge in [-0.3, -0.25) is 9.59 Å². The summed E-state index contributed by atoms with van der Waals surface area (Å²) >= 11 is 5.91. The van der Waals surface area contributed by atoms with E-state index in [1.54, 1.807) is 42.5 Å². The standard InChI is InChI=1S/C20H19ClO5/c1-12(2)19(13-3-6-15(21)7-4-13)20(23)24-10-16(22)14-5-8-17-18(9-14)26-11-25-17/h3-9,12,19H,10-11H2,1-2H3/t19-/m1/s1. The first kappa shape index (κ1) is 18.3. The number of carbonyl (C=O) groups is 2. The third-order valence-electron chi connectivity index (χ3n) is 4.19. The van der Waals surface area contributed by atoms with Crippen LogP contribution < -0.4 is 9.47 Å². The van der Waals surface area contributed by atoms with Crippen LogP contribution in [0.25, 0.3) is 0 Å². The maximum absolute atomic E-state index is 12.5. The Morgan fingerprint density at radius 1 is 1.08 bits per heavy atom. The van der Waals surface area contributed by atoms with Crippen molar-refractivity contribution in [2.75, 3.05) is 13.4 Å². The number of benzene rings is 2. The lowest BCUT2D eigenvalue weighted by atomic mass is 9.88. The minimum atomic E-state index is -0.461. The SMILES string of the molecule is CC(C)[C@@H](C(=O)OCC(=O)c1ccc2c(c1)OCO2)c1ccc(Cl)cc1. The predicted octanol–water partition coefficient (Wildman–Crippen LogP) is 4.23. The topological polar surface area (TPSA) is 61.8 Å². The van der Waals surface area contributed by atoms with Crippen molar-refractivity contribution in [2.45, 2.75) is 19.8 Å². The Bertz CT molecular complexity index is 813. The highest BCUT2D eigenvalue weighted by Gasteiger charge is 2.26. The largest absolute Gasteiger partial charge is 0.457 e. The molecule has 2 aromatic carbocycles. The van der Waals surface area contributed by atoms with Crippen molar-refractivity contribution in [3.8, 4) is 11.5 Å². The second-order valence-corrected chi connectivity index (χ2v) is 6.81. The first-order chi connectivity index (χ1) is 12.5. The molecule has 1 atom stereocenters. The molecule has 6 heteroatoms. The molecule has 3 rings (SSSR count). The Morgan fingerprint density at radius 2 is 1.77 bits per heavy atom. The second-order valence-electron chi connectivity index (χ2n) is 6.37. The molecule has 0 aromatic heterocycles. The third kappa shape index (κ3) is 3.99. The van der Waals surface area contributed by atoms with Crippen LogP contribution in [0.5, 0.6) is 11.5 Å². The predicted molar refractivity (Wildman–Crippen MR) is 96.9 cm³/mol. The minimum Gasteiger partial charge on any atom is -0.457 e. The lowest BCUT2D eigenvalue weighted by Gasteiger charge is -2.19. The smallest absolute Gasteiger partial charge is 0.314 e. The summed E-state index contributed by atoms with van der Waals surface area (Å²) in [4.78, 5) is 24.9. The molecule has 26 heavy (non-hydrogen) atoms. The molecule has 1 aliphatic heterocycles. The van der Waals surface area contributed by atoms with E-state index in [0.29, 0.717) is 22.1 Å². The molecule has 1 aliphatic rings. The summed E-state index contributed by atoms with van der Waals surface area (Å²) in [5.74, 6) is -0.0580. The molecule has 0 saturated carbocycles. The number of fused-ring (bicyclic) bond motifs is 1. The van der Waals surface area contributed by atoms with Crippen molar-refractivity contribution >= 4 is 23.4 Å². The Labute approximate surface area is 156 Å². The van der Waals surface area contributed by atoms with Crippen molar-refractivity contribution in [1.82, 2.24) is 0 Å². The highest BCUT2D eigenvalue weighted by Crippen LogP contribution is 2.32. The number of ether oxygens (including phenoxy) is 3. The van der Waals surface area contributed by atoms with E-state index >= 15 is 0 Å². The maximum atomic E-state index is 12.5. The van der Waals surface area contributed by atoms with Gasteiger partial charge in [-0.05, 0) is 41.8 Å². The zero-order valence-corrected chi connectivity index (χ0v) is 15.3. The van der Waals surface area contributed by atoms with Crippen LogP contribution in [0.4, 0.5) is 0 Å². The number of carbonyl (C=O) groups excluding carboxylic acids is 2. The lowest BCUT2D eigenvalue weighted by molar-refractivity contribution is -0.145. The van der Waals surface area contributed by atoms with Gasteiger partial charge in [-0.2, -0.15) is 0 Å². The average molecular weight is 375 g/mol. The van der Waals surface area contributed by atoms with E-state index in [2.05, 4.69) is 0 Å². The number of hydrogen-bond acceptors (Lipinski definition) is 5. The van der Waals surface area contributed by atoms with E-state index in [1.807, 2.05) is 13.8 Å². The Balaban J connectivity index is 1.66. The molecular weight excluding hydrogens is 356 g/mol. The Morgan fingerprint density at radius 3 is 2.46 bits per heavy atom. The summed E-state index contributed by atoms with van der Waals surface area (Å²) in [6, 6.07) is 12.0. The summed E-state index contributed by atoms with van der Waals surface area (Å²) < 4.78 is 15.8. The van der Waals surface area contributed by atoms with Crippen LogP contribution in [0, 0.1) is 5.92 Å². The Kier molecular flexibility index (Phi) is 5.47. The van der Waals surface area contributed by atoms with Gasteiger partial charge in [-0.15, -0.1) is 0 Å². The molecule has 136 valence electrons. The molecule has 0 saturated heterocycles. The van der Waals surface area contributed by atoms with Gasteiger partial charge in [-0.1, -0.05) is 37.6 Å². The summed E-state index contributed by atoms with van der Waals surface area (Å²) in [7, 11) is 0. The zero-order chi connectivity index (χ0) is 18.7. The molecule has 0 unspecified atom stereocenters. The highest BCUT2D eigenvalue weighted by atomic mass is 35.5. The van der Waals surface area contributed by atoms with E-state index in [0.717, 1.165) is 5.56 Å². The first-order valence-electron chi connectivity index (χ1n) is 8.30. The lowest BCUT2D eigenvalue weighted by Crippen LogP contribution is -2.23. The fraction of sp³-hybridized carbons (Fsp3) is 0.300. The summed E-state index contributed by atoms with van der Waals surface area (Å²) in [5, 5.41) is 0.600. The number of ketones is 1. The normalized spacial score (nSPS) is 13.5. The fourth-order valence-corrected chi connectivity index (χ4v) is 2.97. The van der Waals surface area contributed by atoms with Gasteiger partial charge in [0, 0.05) is 10.6 Å². The van der Waals surface area contributed by atoms with Crippen LogP contribution in [0.15, 0.2) is 42.5 Å². The van der Waals surface area contributed by atoms with Crippen molar-refractivity contribution in [1.29, 1.82) is 0 Å². The van der Waals surface area contributed by atoms with Gasteiger partial charge in [0.25, 0.3) is 0 Å². The van der Waals surface area contributed by atoms with Crippen LogP contribution in [-0.4, -0.2) is 25.2 Å². The molecule has 0 bridgehead atoms. The molecule has 0 aliphatic carbocycles. The van der Waals surface area contributed by atoms with Gasteiger partial charge < -0.3 is 14.2 Å². The van der Waals surface area contributed by atoms with Gasteiger partial charge in [0.15, 0.2) is 23.9 Å². The second kappa shape index (κ2) is 7.79. The summed E-state index contributed by atoms with van der Waals surface area (Å²) in [6.45, 7) is 3.68. The number of rotatable bonds is 6. The number of esters is 1. The molecule has 0 radical (unpaired) electrons. The van der Waals surface area contributed by atoms with Crippen molar-refractivity contribution in [2.24, 2.45) is 5.92 Å². The van der Waals surface area contributed by atoms with Crippen LogP contribution in [-0.2, 0) is 9.53 Å². The third-order valence-corrected chi connectivity index (χ3v) is 4.44. The molecule has 1 heterocycles. The van der Waals surface area contributed by atoms with Gasteiger partial charge >= 0.3 is 5.97 Å². The van der Waals surface area contributed by atoms with E-state index in [1.165, 1.54) is 0 Å². The zero-order valence-electron chi connectivity index (χ0n) is 14.5. The maximum Gasteiger partial charge on any atom is 0.314 e. The van der Waals surface area contributed by atoms with Crippen LogP contribution >= 0.6 is 11.6 Å². The highest BCUT2D eigenvalue weighted by molar-refractivity contribution is 6.30. The Hall–Kier alpha value is -2.53. The number of hydrogen-bond donors (Lipinski definition) is 0. The molecule has 0 N–H and O–H groups in total. The molecule has 0 spiro atoms. The molecule has 5 nitrogen and oxygen atoms in total. The van der Waals surface area contributed by atoms with Crippen molar-refractivity contribution < 1.29 is 23.8 Å². The monoisotopic (exact) mass is 374 g/mol. The average Bonchev–Trinajstić information content (AvgIpc) is 3.09. The van der Waals surface area contributed by atoms with E-state index < -0.39 is 11.9 Å². The molecule has 2 aromatic rings. The van der Waals surface area contributed by atoms with Crippen LogP contribution in [0.1, 0.15) is 35.7 Å². The number of Topliss-reactive ketones (excluding diaryl/α,β-unsaturated/α-hetero) is 1. The first-order valence-corrected chi connectivity index (χ1v) is 8.68. The minimum absolute atomic E-state index is 0.0179. The molecule has 0 fully saturated rings. The summed E-state index contributed by atoms with van der Waals surface area (Å²) in [5.41, 5.74) is 1.22.